The predicted molar refractivity (Wildman–Crippen MR) is 129 cm³/mol. The van der Waals surface area contributed by atoms with Crippen molar-refractivity contribution in [1.82, 2.24) is 24.5 Å². The molecule has 1 unspecified atom stereocenters. The Morgan fingerprint density at radius 3 is 2.74 bits per heavy atom. The van der Waals surface area contributed by atoms with Crippen LogP contribution in [0.25, 0.3) is 17.0 Å². The summed E-state index contributed by atoms with van der Waals surface area (Å²) < 4.78 is 12.8. The lowest BCUT2D eigenvalue weighted by Gasteiger charge is -2.24. The maximum Gasteiger partial charge on any atom is 0.410 e. The van der Waals surface area contributed by atoms with E-state index >= 15 is 0 Å². The standard InChI is InChI=1S/C25H29N7O3/c1-25(2,3)35-24(33)31-10-9-17(14-31)28-23-16(12-26)7-8-18(29-23)19-13-27-21-11-20(34-4)22(15-5-6-15)30-32(19)21/h7-8,11,13,15,17H,5-6,9-10,14H2,1-4H3,(H,28,29). The molecule has 1 aliphatic carbocycles. The van der Waals surface area contributed by atoms with Crippen molar-refractivity contribution in [3.63, 3.8) is 0 Å². The lowest BCUT2D eigenvalue weighted by molar-refractivity contribution is 0.0293. The van der Waals surface area contributed by atoms with Gasteiger partial charge in [0.2, 0.25) is 0 Å². The summed E-state index contributed by atoms with van der Waals surface area (Å²) >= 11 is 0. The van der Waals surface area contributed by atoms with Gasteiger partial charge in [-0.05, 0) is 52.2 Å². The van der Waals surface area contributed by atoms with Gasteiger partial charge in [-0.15, -0.1) is 0 Å². The smallest absolute Gasteiger partial charge is 0.410 e. The van der Waals surface area contributed by atoms with Crippen LogP contribution in [0.4, 0.5) is 10.6 Å². The number of carbonyl (C=O) groups is 1. The van der Waals surface area contributed by atoms with Crippen molar-refractivity contribution >= 4 is 17.6 Å². The Hall–Kier alpha value is -3.87. The number of likely N-dealkylation sites (tertiary alicyclic amines) is 1. The van der Waals surface area contributed by atoms with Crippen LogP contribution in [0, 0.1) is 11.3 Å². The first-order valence-electron chi connectivity index (χ1n) is 11.8. The van der Waals surface area contributed by atoms with Crippen LogP contribution in [0.5, 0.6) is 5.75 Å². The molecule has 0 radical (unpaired) electrons. The SMILES string of the molecule is COc1cc2ncc(-c3ccc(C#N)c(NC4CCN(C(=O)OC(C)(C)C)C4)n3)n2nc1C1CC1. The van der Waals surface area contributed by atoms with E-state index in [1.54, 1.807) is 34.9 Å². The highest BCUT2D eigenvalue weighted by Gasteiger charge is 2.31. The Balaban J connectivity index is 1.40. The van der Waals surface area contributed by atoms with Crippen LogP contribution in [0.3, 0.4) is 0 Å². The zero-order valence-corrected chi connectivity index (χ0v) is 20.4. The molecule has 2 aliphatic rings. The average Bonchev–Trinajstić information content (AvgIpc) is 3.41. The average molecular weight is 476 g/mol. The first kappa shape index (κ1) is 22.9. The van der Waals surface area contributed by atoms with Gasteiger partial charge in [-0.3, -0.25) is 0 Å². The summed E-state index contributed by atoms with van der Waals surface area (Å²) in [6.45, 7) is 6.61. The second-order valence-corrected chi connectivity index (χ2v) is 10.0. The fourth-order valence-electron chi connectivity index (χ4n) is 4.26. The molecule has 4 heterocycles. The number of aromatic nitrogens is 4. The molecule has 0 spiro atoms. The normalized spacial score (nSPS) is 17.9. The van der Waals surface area contributed by atoms with Gasteiger partial charge in [-0.2, -0.15) is 10.4 Å². The molecule has 2 fully saturated rings. The molecule has 182 valence electrons. The van der Waals surface area contributed by atoms with Gasteiger partial charge in [-0.25, -0.2) is 19.3 Å². The molecule has 35 heavy (non-hydrogen) atoms. The van der Waals surface area contributed by atoms with E-state index in [0.717, 1.165) is 36.4 Å². The molecule has 5 rings (SSSR count). The first-order valence-corrected chi connectivity index (χ1v) is 11.8. The number of anilines is 1. The number of fused-ring (bicyclic) bond motifs is 1. The third-order valence-corrected chi connectivity index (χ3v) is 6.13. The zero-order valence-electron chi connectivity index (χ0n) is 20.4. The lowest BCUT2D eigenvalue weighted by Crippen LogP contribution is -2.36. The first-order chi connectivity index (χ1) is 16.8. The molecule has 1 aliphatic heterocycles. The molecule has 0 bridgehead atoms. The number of hydrogen-bond donors (Lipinski definition) is 1. The molecule has 1 N–H and O–H groups in total. The molecule has 10 nitrogen and oxygen atoms in total. The van der Waals surface area contributed by atoms with Crippen LogP contribution in [0.2, 0.25) is 0 Å². The van der Waals surface area contributed by atoms with Gasteiger partial charge in [0.25, 0.3) is 0 Å². The van der Waals surface area contributed by atoms with Gasteiger partial charge in [0, 0.05) is 31.1 Å². The van der Waals surface area contributed by atoms with Crippen LogP contribution in [0.15, 0.2) is 24.4 Å². The van der Waals surface area contributed by atoms with E-state index in [9.17, 15) is 10.1 Å². The number of carbonyl (C=O) groups excluding carboxylic acids is 1. The van der Waals surface area contributed by atoms with Crippen LogP contribution in [0.1, 0.15) is 57.2 Å². The van der Waals surface area contributed by atoms with Crippen molar-refractivity contribution in [3.8, 4) is 23.2 Å². The van der Waals surface area contributed by atoms with E-state index in [2.05, 4.69) is 16.4 Å². The minimum Gasteiger partial charge on any atom is -0.495 e. The van der Waals surface area contributed by atoms with Crippen molar-refractivity contribution in [2.75, 3.05) is 25.5 Å². The number of methoxy groups -OCH3 is 1. The van der Waals surface area contributed by atoms with E-state index in [1.165, 1.54) is 0 Å². The van der Waals surface area contributed by atoms with E-state index in [1.807, 2.05) is 26.8 Å². The highest BCUT2D eigenvalue weighted by Crippen LogP contribution is 2.43. The van der Waals surface area contributed by atoms with E-state index < -0.39 is 5.60 Å². The van der Waals surface area contributed by atoms with Crippen LogP contribution in [-0.4, -0.2) is 62.4 Å². The monoisotopic (exact) mass is 475 g/mol. The fourth-order valence-corrected chi connectivity index (χ4v) is 4.26. The summed E-state index contributed by atoms with van der Waals surface area (Å²) in [6, 6.07) is 7.62. The number of pyridine rings is 1. The van der Waals surface area contributed by atoms with Gasteiger partial charge >= 0.3 is 6.09 Å². The van der Waals surface area contributed by atoms with Gasteiger partial charge in [0.1, 0.15) is 34.6 Å². The Bertz CT molecular complexity index is 1320. The predicted octanol–water partition coefficient (Wildman–Crippen LogP) is 3.97. The van der Waals surface area contributed by atoms with Gasteiger partial charge in [-0.1, -0.05) is 0 Å². The quantitative estimate of drug-likeness (QED) is 0.589. The highest BCUT2D eigenvalue weighted by atomic mass is 16.6. The summed E-state index contributed by atoms with van der Waals surface area (Å²) in [5, 5.41) is 17.8. The molecular formula is C25H29N7O3. The fraction of sp³-hybridized carbons (Fsp3) is 0.480. The molecule has 1 saturated heterocycles. The van der Waals surface area contributed by atoms with Gasteiger partial charge in [0.05, 0.1) is 24.6 Å². The topological polar surface area (TPSA) is 118 Å². The summed E-state index contributed by atoms with van der Waals surface area (Å²) in [6.07, 6.45) is 4.34. The Morgan fingerprint density at radius 1 is 1.26 bits per heavy atom. The van der Waals surface area contributed by atoms with Crippen molar-refractivity contribution < 1.29 is 14.3 Å². The molecule has 1 saturated carbocycles. The molecule has 3 aromatic rings. The third-order valence-electron chi connectivity index (χ3n) is 6.13. The number of nitrogens with zero attached hydrogens (tertiary/aromatic N) is 6. The zero-order chi connectivity index (χ0) is 24.7. The molecule has 10 heteroatoms. The maximum atomic E-state index is 12.4. The van der Waals surface area contributed by atoms with E-state index in [-0.39, 0.29) is 12.1 Å². The van der Waals surface area contributed by atoms with Crippen molar-refractivity contribution in [2.24, 2.45) is 0 Å². The van der Waals surface area contributed by atoms with Crippen molar-refractivity contribution in [2.45, 2.75) is 57.6 Å². The van der Waals surface area contributed by atoms with Gasteiger partial charge in [0.15, 0.2) is 5.65 Å². The minimum atomic E-state index is -0.544. The third kappa shape index (κ3) is 4.71. The highest BCUT2D eigenvalue weighted by molar-refractivity contribution is 5.69. The van der Waals surface area contributed by atoms with Crippen LogP contribution < -0.4 is 10.1 Å². The number of imidazole rings is 1. The van der Waals surface area contributed by atoms with Gasteiger partial charge < -0.3 is 19.7 Å². The Labute approximate surface area is 203 Å². The number of hydrogen-bond acceptors (Lipinski definition) is 8. The van der Waals surface area contributed by atoms with E-state index in [0.29, 0.717) is 41.7 Å². The second kappa shape index (κ2) is 8.73. The second-order valence-electron chi connectivity index (χ2n) is 10.0. The number of nitrogens with one attached hydrogen (secondary N) is 1. The minimum absolute atomic E-state index is 0.0385. The summed E-state index contributed by atoms with van der Waals surface area (Å²) in [5.41, 5.74) is 2.88. The molecule has 3 aromatic heterocycles. The van der Waals surface area contributed by atoms with E-state index in [4.69, 9.17) is 19.6 Å². The summed E-state index contributed by atoms with van der Waals surface area (Å²) in [4.78, 5) is 23.4. The van der Waals surface area contributed by atoms with Crippen LogP contribution in [-0.2, 0) is 4.74 Å². The number of rotatable bonds is 5. The molecule has 1 amide bonds. The van der Waals surface area contributed by atoms with Crippen molar-refractivity contribution in [3.05, 3.63) is 35.7 Å². The molecule has 1 atom stereocenters. The number of amides is 1. The maximum absolute atomic E-state index is 12.4. The number of ether oxygens (including phenoxy) is 2. The Morgan fingerprint density at radius 2 is 2.06 bits per heavy atom. The summed E-state index contributed by atoms with van der Waals surface area (Å²) in [5.74, 6) is 1.64. The molecule has 0 aromatic carbocycles. The Kier molecular flexibility index (Phi) is 5.71. The van der Waals surface area contributed by atoms with Crippen molar-refractivity contribution in [1.29, 1.82) is 5.26 Å². The lowest BCUT2D eigenvalue weighted by atomic mass is 10.2. The summed E-state index contributed by atoms with van der Waals surface area (Å²) in [7, 11) is 1.65. The van der Waals surface area contributed by atoms with Crippen LogP contribution >= 0.6 is 0 Å². The number of nitriles is 1. The molecular weight excluding hydrogens is 446 g/mol. The largest absolute Gasteiger partial charge is 0.495 e.